The molecular formula is C14H16BrN3O. The van der Waals surface area contributed by atoms with Crippen molar-refractivity contribution in [3.8, 4) is 5.88 Å². The average Bonchev–Trinajstić information content (AvgIpc) is 2.46. The highest BCUT2D eigenvalue weighted by Gasteiger charge is 2.04. The third-order valence-corrected chi connectivity index (χ3v) is 3.15. The van der Waals surface area contributed by atoms with Gasteiger partial charge in [-0.3, -0.25) is 0 Å². The second-order valence-electron chi connectivity index (χ2n) is 4.03. The summed E-state index contributed by atoms with van der Waals surface area (Å²) >= 11 is 3.41. The number of anilines is 1. The minimum absolute atomic E-state index is 0.497. The molecule has 100 valence electrons. The fraction of sp³-hybridized carbons (Fsp3) is 0.286. The van der Waals surface area contributed by atoms with Gasteiger partial charge in [0.1, 0.15) is 18.2 Å². The van der Waals surface area contributed by atoms with Gasteiger partial charge in [0, 0.05) is 24.0 Å². The van der Waals surface area contributed by atoms with Crippen molar-refractivity contribution in [1.29, 1.82) is 0 Å². The molecule has 0 atom stereocenters. The molecule has 1 aromatic heterocycles. The monoisotopic (exact) mass is 321 g/mol. The second-order valence-corrected chi connectivity index (χ2v) is 4.94. The summed E-state index contributed by atoms with van der Waals surface area (Å²) in [5.74, 6) is 2.15. The van der Waals surface area contributed by atoms with E-state index >= 15 is 0 Å². The van der Waals surface area contributed by atoms with Gasteiger partial charge in [-0.2, -0.15) is 4.98 Å². The molecule has 0 saturated carbocycles. The maximum absolute atomic E-state index is 5.71. The number of nitrogens with zero attached hydrogens (tertiary/aromatic N) is 2. The Kier molecular flexibility index (Phi) is 4.74. The van der Waals surface area contributed by atoms with Gasteiger partial charge < -0.3 is 10.1 Å². The Morgan fingerprint density at radius 3 is 2.58 bits per heavy atom. The highest BCUT2D eigenvalue weighted by Crippen LogP contribution is 2.16. The summed E-state index contributed by atoms with van der Waals surface area (Å²) in [7, 11) is 1.83. The number of ether oxygens (including phenoxy) is 1. The summed E-state index contributed by atoms with van der Waals surface area (Å²) in [4.78, 5) is 8.68. The van der Waals surface area contributed by atoms with Gasteiger partial charge in [0.2, 0.25) is 5.88 Å². The Balaban J connectivity index is 2.08. The van der Waals surface area contributed by atoms with Crippen molar-refractivity contribution in [2.24, 2.45) is 0 Å². The van der Waals surface area contributed by atoms with Crippen LogP contribution in [-0.2, 0) is 13.0 Å². The summed E-state index contributed by atoms with van der Waals surface area (Å²) in [6, 6.07) is 9.83. The number of rotatable bonds is 5. The van der Waals surface area contributed by atoms with Crippen LogP contribution in [0.4, 0.5) is 5.82 Å². The van der Waals surface area contributed by atoms with E-state index in [1.54, 1.807) is 6.07 Å². The number of halogens is 1. The van der Waals surface area contributed by atoms with Gasteiger partial charge in [-0.05, 0) is 17.7 Å². The molecule has 19 heavy (non-hydrogen) atoms. The van der Waals surface area contributed by atoms with Gasteiger partial charge in [0.15, 0.2) is 0 Å². The van der Waals surface area contributed by atoms with Crippen LogP contribution in [0.1, 0.15) is 18.3 Å². The molecule has 0 amide bonds. The van der Waals surface area contributed by atoms with E-state index in [9.17, 15) is 0 Å². The number of hydrogen-bond acceptors (Lipinski definition) is 4. The highest BCUT2D eigenvalue weighted by atomic mass is 79.9. The number of aryl methyl sites for hydroxylation is 1. The minimum atomic E-state index is 0.497. The van der Waals surface area contributed by atoms with Crippen LogP contribution in [0.3, 0.4) is 0 Å². The van der Waals surface area contributed by atoms with Crippen LogP contribution in [-0.4, -0.2) is 17.0 Å². The van der Waals surface area contributed by atoms with Crippen molar-refractivity contribution < 1.29 is 4.74 Å². The molecule has 2 rings (SSSR count). The molecule has 4 nitrogen and oxygen atoms in total. The van der Waals surface area contributed by atoms with Crippen LogP contribution in [0.5, 0.6) is 5.88 Å². The van der Waals surface area contributed by atoms with Crippen molar-refractivity contribution in [2.45, 2.75) is 20.0 Å². The van der Waals surface area contributed by atoms with Gasteiger partial charge in [-0.15, -0.1) is 0 Å². The van der Waals surface area contributed by atoms with Crippen LogP contribution < -0.4 is 10.1 Å². The molecule has 0 spiro atoms. The SMILES string of the molecule is CCc1nc(NC)cc(OCc2ccc(Br)cc2)n1. The van der Waals surface area contributed by atoms with E-state index < -0.39 is 0 Å². The minimum Gasteiger partial charge on any atom is -0.473 e. The van der Waals surface area contributed by atoms with Crippen molar-refractivity contribution in [1.82, 2.24) is 9.97 Å². The zero-order valence-corrected chi connectivity index (χ0v) is 12.6. The van der Waals surface area contributed by atoms with Crippen LogP contribution >= 0.6 is 15.9 Å². The van der Waals surface area contributed by atoms with Crippen molar-refractivity contribution in [3.05, 3.63) is 46.2 Å². The van der Waals surface area contributed by atoms with Gasteiger partial charge in [0.25, 0.3) is 0 Å². The summed E-state index contributed by atoms with van der Waals surface area (Å²) < 4.78 is 6.77. The quantitative estimate of drug-likeness (QED) is 0.916. The lowest BCUT2D eigenvalue weighted by Gasteiger charge is -2.08. The first-order chi connectivity index (χ1) is 9.21. The standard InChI is InChI=1S/C14H16BrN3O/c1-3-12-17-13(16-2)8-14(18-12)19-9-10-4-6-11(15)7-5-10/h4-8H,3,9H2,1-2H3,(H,16,17,18). The third kappa shape index (κ3) is 3.92. The highest BCUT2D eigenvalue weighted by molar-refractivity contribution is 9.10. The van der Waals surface area contributed by atoms with E-state index in [1.807, 2.05) is 38.2 Å². The van der Waals surface area contributed by atoms with E-state index in [2.05, 4.69) is 31.2 Å². The van der Waals surface area contributed by atoms with Crippen LogP contribution in [0.25, 0.3) is 0 Å². The Labute approximate surface area is 121 Å². The zero-order valence-electron chi connectivity index (χ0n) is 11.0. The molecule has 1 N–H and O–H groups in total. The predicted octanol–water partition coefficient (Wildman–Crippen LogP) is 3.42. The van der Waals surface area contributed by atoms with E-state index in [4.69, 9.17) is 4.74 Å². The molecule has 1 aromatic carbocycles. The predicted molar refractivity (Wildman–Crippen MR) is 79.4 cm³/mol. The van der Waals surface area contributed by atoms with Crippen molar-refractivity contribution >= 4 is 21.7 Å². The Bertz CT molecular complexity index is 521. The molecule has 0 saturated heterocycles. The van der Waals surface area contributed by atoms with Gasteiger partial charge in [0.05, 0.1) is 0 Å². The summed E-state index contributed by atoms with van der Waals surface area (Å²) in [5, 5.41) is 3.01. The Morgan fingerprint density at radius 2 is 1.95 bits per heavy atom. The molecule has 0 fully saturated rings. The lowest BCUT2D eigenvalue weighted by atomic mass is 10.2. The Hall–Kier alpha value is -1.62. The topological polar surface area (TPSA) is 47.0 Å². The summed E-state index contributed by atoms with van der Waals surface area (Å²) in [6.07, 6.45) is 0.782. The van der Waals surface area contributed by atoms with E-state index in [0.29, 0.717) is 12.5 Å². The molecular weight excluding hydrogens is 306 g/mol. The maximum atomic E-state index is 5.71. The van der Waals surface area contributed by atoms with E-state index in [1.165, 1.54) is 0 Å². The van der Waals surface area contributed by atoms with Gasteiger partial charge in [-0.25, -0.2) is 4.98 Å². The molecule has 0 aliphatic heterocycles. The molecule has 5 heteroatoms. The lowest BCUT2D eigenvalue weighted by Crippen LogP contribution is -2.03. The number of nitrogens with one attached hydrogen (secondary N) is 1. The first-order valence-corrected chi connectivity index (χ1v) is 6.93. The first kappa shape index (κ1) is 13.8. The fourth-order valence-electron chi connectivity index (χ4n) is 1.57. The fourth-order valence-corrected chi connectivity index (χ4v) is 1.84. The molecule has 1 heterocycles. The summed E-state index contributed by atoms with van der Waals surface area (Å²) in [6.45, 7) is 2.52. The maximum Gasteiger partial charge on any atom is 0.219 e. The zero-order chi connectivity index (χ0) is 13.7. The third-order valence-electron chi connectivity index (χ3n) is 2.62. The molecule has 0 bridgehead atoms. The average molecular weight is 322 g/mol. The van der Waals surface area contributed by atoms with Gasteiger partial charge in [-0.1, -0.05) is 35.0 Å². The molecule has 0 aliphatic rings. The van der Waals surface area contributed by atoms with Gasteiger partial charge >= 0.3 is 0 Å². The number of benzene rings is 1. The largest absolute Gasteiger partial charge is 0.473 e. The van der Waals surface area contributed by atoms with Crippen LogP contribution in [0.15, 0.2) is 34.8 Å². The molecule has 2 aromatic rings. The van der Waals surface area contributed by atoms with Crippen LogP contribution in [0.2, 0.25) is 0 Å². The lowest BCUT2D eigenvalue weighted by molar-refractivity contribution is 0.292. The molecule has 0 radical (unpaired) electrons. The number of aromatic nitrogens is 2. The normalized spacial score (nSPS) is 10.3. The van der Waals surface area contributed by atoms with Crippen LogP contribution in [0, 0.1) is 0 Å². The van der Waals surface area contributed by atoms with Crippen molar-refractivity contribution in [2.75, 3.05) is 12.4 Å². The van der Waals surface area contributed by atoms with E-state index in [-0.39, 0.29) is 0 Å². The Morgan fingerprint density at radius 1 is 1.21 bits per heavy atom. The van der Waals surface area contributed by atoms with Crippen molar-refractivity contribution in [3.63, 3.8) is 0 Å². The second kappa shape index (κ2) is 6.52. The smallest absolute Gasteiger partial charge is 0.219 e. The summed E-state index contributed by atoms with van der Waals surface area (Å²) in [5.41, 5.74) is 1.10. The molecule has 0 aliphatic carbocycles. The number of hydrogen-bond donors (Lipinski definition) is 1. The molecule has 0 unspecified atom stereocenters. The van der Waals surface area contributed by atoms with E-state index in [0.717, 1.165) is 28.1 Å². The first-order valence-electron chi connectivity index (χ1n) is 6.14.